The van der Waals surface area contributed by atoms with E-state index in [1.807, 2.05) is 25.2 Å². The standard InChI is InChI=1S/C16H25N3O2/c1-18(10-11-19-8-2-3-9-19)16(20)7-12-21-15-6-4-5-14(17)13-15/h4-6,13H,2-3,7-12,17H2,1H3. The van der Waals surface area contributed by atoms with Crippen molar-refractivity contribution >= 4 is 11.6 Å². The van der Waals surface area contributed by atoms with Gasteiger partial charge in [0.1, 0.15) is 5.75 Å². The number of likely N-dealkylation sites (tertiary alicyclic amines) is 1. The highest BCUT2D eigenvalue weighted by molar-refractivity contribution is 5.76. The zero-order valence-electron chi connectivity index (χ0n) is 12.8. The van der Waals surface area contributed by atoms with Crippen LogP contribution < -0.4 is 10.5 Å². The molecular weight excluding hydrogens is 266 g/mol. The van der Waals surface area contributed by atoms with Gasteiger partial charge in [-0.05, 0) is 38.1 Å². The summed E-state index contributed by atoms with van der Waals surface area (Å²) in [6, 6.07) is 7.26. The fourth-order valence-corrected chi connectivity index (χ4v) is 2.47. The van der Waals surface area contributed by atoms with E-state index < -0.39 is 0 Å². The van der Waals surface area contributed by atoms with Crippen molar-refractivity contribution in [3.05, 3.63) is 24.3 Å². The van der Waals surface area contributed by atoms with Crippen molar-refractivity contribution in [2.75, 3.05) is 45.6 Å². The van der Waals surface area contributed by atoms with E-state index in [9.17, 15) is 4.79 Å². The number of amides is 1. The fourth-order valence-electron chi connectivity index (χ4n) is 2.47. The van der Waals surface area contributed by atoms with E-state index in [1.165, 1.54) is 25.9 Å². The van der Waals surface area contributed by atoms with Crippen LogP contribution in [0.3, 0.4) is 0 Å². The molecule has 5 heteroatoms. The van der Waals surface area contributed by atoms with E-state index >= 15 is 0 Å². The first-order valence-electron chi connectivity index (χ1n) is 7.60. The fraction of sp³-hybridized carbons (Fsp3) is 0.562. The minimum Gasteiger partial charge on any atom is -0.493 e. The molecule has 2 N–H and O–H groups in total. The van der Waals surface area contributed by atoms with Crippen molar-refractivity contribution in [2.45, 2.75) is 19.3 Å². The largest absolute Gasteiger partial charge is 0.493 e. The molecule has 0 aliphatic carbocycles. The Morgan fingerprint density at radius 3 is 2.86 bits per heavy atom. The van der Waals surface area contributed by atoms with Gasteiger partial charge in [0.15, 0.2) is 0 Å². The summed E-state index contributed by atoms with van der Waals surface area (Å²) < 4.78 is 5.55. The van der Waals surface area contributed by atoms with Crippen molar-refractivity contribution in [1.29, 1.82) is 0 Å². The zero-order valence-corrected chi connectivity index (χ0v) is 12.8. The number of nitrogens with two attached hydrogens (primary N) is 1. The molecule has 5 nitrogen and oxygen atoms in total. The van der Waals surface area contributed by atoms with Crippen LogP contribution in [0.5, 0.6) is 5.75 Å². The van der Waals surface area contributed by atoms with Gasteiger partial charge < -0.3 is 20.3 Å². The maximum Gasteiger partial charge on any atom is 0.225 e. The number of carbonyl (C=O) groups excluding carboxylic acids is 1. The van der Waals surface area contributed by atoms with E-state index in [0.717, 1.165) is 13.1 Å². The SMILES string of the molecule is CN(CCN1CCCC1)C(=O)CCOc1cccc(N)c1. The van der Waals surface area contributed by atoms with Gasteiger partial charge in [0.25, 0.3) is 0 Å². The van der Waals surface area contributed by atoms with Crippen LogP contribution in [0.15, 0.2) is 24.3 Å². The quantitative estimate of drug-likeness (QED) is 0.775. The van der Waals surface area contributed by atoms with Crippen LogP contribution in [-0.4, -0.2) is 55.5 Å². The van der Waals surface area contributed by atoms with Gasteiger partial charge in [-0.15, -0.1) is 0 Å². The molecule has 1 aliphatic heterocycles. The predicted molar refractivity (Wildman–Crippen MR) is 84.3 cm³/mol. The topological polar surface area (TPSA) is 58.8 Å². The lowest BCUT2D eigenvalue weighted by atomic mass is 10.3. The minimum atomic E-state index is 0.123. The molecule has 1 saturated heterocycles. The Hall–Kier alpha value is -1.75. The summed E-state index contributed by atoms with van der Waals surface area (Å²) in [5.74, 6) is 0.834. The molecule has 1 heterocycles. The van der Waals surface area contributed by atoms with Crippen LogP contribution in [0.2, 0.25) is 0 Å². The van der Waals surface area contributed by atoms with Gasteiger partial charge in [-0.25, -0.2) is 0 Å². The maximum absolute atomic E-state index is 12.0. The third-order valence-electron chi connectivity index (χ3n) is 3.82. The highest BCUT2D eigenvalue weighted by atomic mass is 16.5. The van der Waals surface area contributed by atoms with Crippen molar-refractivity contribution in [3.63, 3.8) is 0 Å². The molecule has 1 aromatic carbocycles. The second-order valence-electron chi connectivity index (χ2n) is 5.53. The second kappa shape index (κ2) is 7.88. The third-order valence-corrected chi connectivity index (χ3v) is 3.82. The van der Waals surface area contributed by atoms with Crippen LogP contribution in [0.25, 0.3) is 0 Å². The lowest BCUT2D eigenvalue weighted by Gasteiger charge is -2.21. The Balaban J connectivity index is 1.63. The molecule has 0 saturated carbocycles. The van der Waals surface area contributed by atoms with Crippen molar-refractivity contribution in [1.82, 2.24) is 9.80 Å². The maximum atomic E-state index is 12.0. The Labute approximate surface area is 126 Å². The number of nitrogen functional groups attached to an aromatic ring is 1. The summed E-state index contributed by atoms with van der Waals surface area (Å²) in [5.41, 5.74) is 6.35. The second-order valence-corrected chi connectivity index (χ2v) is 5.53. The average Bonchev–Trinajstić information content (AvgIpc) is 2.98. The zero-order chi connectivity index (χ0) is 15.1. The van der Waals surface area contributed by atoms with E-state index in [-0.39, 0.29) is 5.91 Å². The number of hydrogen-bond acceptors (Lipinski definition) is 4. The first kappa shape index (κ1) is 15.6. The summed E-state index contributed by atoms with van der Waals surface area (Å²) in [7, 11) is 1.86. The molecule has 0 bridgehead atoms. The predicted octanol–water partition coefficient (Wildman–Crippen LogP) is 1.59. The highest BCUT2D eigenvalue weighted by Gasteiger charge is 2.14. The molecule has 1 amide bonds. The molecule has 21 heavy (non-hydrogen) atoms. The van der Waals surface area contributed by atoms with E-state index in [0.29, 0.717) is 24.5 Å². The number of anilines is 1. The molecule has 0 unspecified atom stereocenters. The Bertz CT molecular complexity index is 459. The van der Waals surface area contributed by atoms with Gasteiger partial charge in [-0.1, -0.05) is 6.07 Å². The van der Waals surface area contributed by atoms with Gasteiger partial charge in [0.05, 0.1) is 13.0 Å². The van der Waals surface area contributed by atoms with E-state index in [2.05, 4.69) is 4.90 Å². The van der Waals surface area contributed by atoms with Crippen molar-refractivity contribution in [2.24, 2.45) is 0 Å². The molecule has 0 spiro atoms. The Morgan fingerprint density at radius 1 is 1.38 bits per heavy atom. The normalized spacial score (nSPS) is 15.1. The summed E-state index contributed by atoms with van der Waals surface area (Å²) in [4.78, 5) is 16.2. The highest BCUT2D eigenvalue weighted by Crippen LogP contribution is 2.14. The van der Waals surface area contributed by atoms with Crippen LogP contribution in [0, 0.1) is 0 Å². The molecule has 0 aromatic heterocycles. The van der Waals surface area contributed by atoms with E-state index in [1.54, 1.807) is 11.0 Å². The number of benzene rings is 1. The van der Waals surface area contributed by atoms with Crippen molar-refractivity contribution in [3.8, 4) is 5.75 Å². The number of nitrogens with zero attached hydrogens (tertiary/aromatic N) is 2. The lowest BCUT2D eigenvalue weighted by molar-refractivity contribution is -0.130. The molecule has 1 fully saturated rings. The summed E-state index contributed by atoms with van der Waals surface area (Å²) in [6.07, 6.45) is 2.96. The van der Waals surface area contributed by atoms with E-state index in [4.69, 9.17) is 10.5 Å². The molecule has 1 aromatic rings. The minimum absolute atomic E-state index is 0.123. The Kier molecular flexibility index (Phi) is 5.87. The third kappa shape index (κ3) is 5.27. The lowest BCUT2D eigenvalue weighted by Crippen LogP contribution is -2.35. The van der Waals surface area contributed by atoms with Crippen LogP contribution >= 0.6 is 0 Å². The first-order chi connectivity index (χ1) is 10.1. The molecular formula is C16H25N3O2. The summed E-state index contributed by atoms with van der Waals surface area (Å²) in [5, 5.41) is 0. The monoisotopic (exact) mass is 291 g/mol. The molecule has 116 valence electrons. The van der Waals surface area contributed by atoms with Crippen LogP contribution in [0.1, 0.15) is 19.3 Å². The average molecular weight is 291 g/mol. The molecule has 2 rings (SSSR count). The summed E-state index contributed by atoms with van der Waals surface area (Å²) >= 11 is 0. The number of likely N-dealkylation sites (N-methyl/N-ethyl adjacent to an activating group) is 1. The smallest absolute Gasteiger partial charge is 0.225 e. The Morgan fingerprint density at radius 2 is 2.14 bits per heavy atom. The number of hydrogen-bond donors (Lipinski definition) is 1. The van der Waals surface area contributed by atoms with Crippen LogP contribution in [-0.2, 0) is 4.79 Å². The number of ether oxygens (including phenoxy) is 1. The van der Waals surface area contributed by atoms with Crippen molar-refractivity contribution < 1.29 is 9.53 Å². The van der Waals surface area contributed by atoms with Gasteiger partial charge >= 0.3 is 0 Å². The summed E-state index contributed by atoms with van der Waals surface area (Å²) in [6.45, 7) is 4.48. The molecule has 0 radical (unpaired) electrons. The van der Waals surface area contributed by atoms with Gasteiger partial charge in [0, 0.05) is 31.9 Å². The van der Waals surface area contributed by atoms with Crippen LogP contribution in [0.4, 0.5) is 5.69 Å². The molecule has 0 atom stereocenters. The first-order valence-corrected chi connectivity index (χ1v) is 7.60. The number of rotatable bonds is 7. The molecule has 1 aliphatic rings. The van der Waals surface area contributed by atoms with Gasteiger partial charge in [-0.3, -0.25) is 4.79 Å². The number of carbonyl (C=O) groups is 1. The van der Waals surface area contributed by atoms with Gasteiger partial charge in [0.2, 0.25) is 5.91 Å². The van der Waals surface area contributed by atoms with Gasteiger partial charge in [-0.2, -0.15) is 0 Å².